The molecule has 0 bridgehead atoms. The molecule has 1 N–H and O–H groups in total. The van der Waals surface area contributed by atoms with E-state index in [9.17, 15) is 13.6 Å². The molecule has 0 aliphatic carbocycles. The Kier molecular flexibility index (Phi) is 4.82. The van der Waals surface area contributed by atoms with E-state index < -0.39 is 23.1 Å². The number of fused-ring (bicyclic) bond motifs is 1. The third-order valence-corrected chi connectivity index (χ3v) is 4.03. The summed E-state index contributed by atoms with van der Waals surface area (Å²) in [6.45, 7) is 7.20. The third-order valence-electron chi connectivity index (χ3n) is 3.82. The van der Waals surface area contributed by atoms with Crippen molar-refractivity contribution in [2.75, 3.05) is 5.43 Å². The highest BCUT2D eigenvalue weighted by atomic mass is 35.5. The van der Waals surface area contributed by atoms with Crippen molar-refractivity contribution in [3.8, 4) is 0 Å². The first kappa shape index (κ1) is 19.1. The Morgan fingerprint density at radius 3 is 2.44 bits per heavy atom. The second-order valence-electron chi connectivity index (χ2n) is 7.17. The lowest BCUT2D eigenvalue weighted by Gasteiger charge is -2.35. The molecule has 3 aromatic rings. The average molecular weight is 394 g/mol. The number of amides is 1. The van der Waals surface area contributed by atoms with Crippen LogP contribution in [0.1, 0.15) is 36.7 Å². The molecule has 0 atom stereocenters. The molecular formula is C19H18ClF2N3O2. The first-order valence-corrected chi connectivity index (χ1v) is 8.57. The number of aromatic nitrogens is 1. The van der Waals surface area contributed by atoms with Gasteiger partial charge in [0.15, 0.2) is 22.7 Å². The van der Waals surface area contributed by atoms with Gasteiger partial charge in [-0.3, -0.25) is 4.79 Å². The monoisotopic (exact) mass is 393 g/mol. The molecule has 142 valence electrons. The van der Waals surface area contributed by atoms with Crippen LogP contribution in [0.15, 0.2) is 34.7 Å². The molecule has 0 saturated heterocycles. The van der Waals surface area contributed by atoms with E-state index in [-0.39, 0.29) is 17.1 Å². The van der Waals surface area contributed by atoms with Gasteiger partial charge in [0.05, 0.1) is 5.54 Å². The molecule has 0 unspecified atom stereocenters. The van der Waals surface area contributed by atoms with E-state index in [4.69, 9.17) is 16.0 Å². The lowest BCUT2D eigenvalue weighted by molar-refractivity contribution is 0.0644. The van der Waals surface area contributed by atoms with Crippen LogP contribution < -0.4 is 5.43 Å². The van der Waals surface area contributed by atoms with Gasteiger partial charge in [-0.2, -0.15) is 4.98 Å². The third kappa shape index (κ3) is 3.88. The number of benzene rings is 2. The van der Waals surface area contributed by atoms with E-state index in [2.05, 4.69) is 10.4 Å². The fourth-order valence-corrected chi connectivity index (χ4v) is 2.89. The summed E-state index contributed by atoms with van der Waals surface area (Å²) in [4.78, 5) is 17.0. The summed E-state index contributed by atoms with van der Waals surface area (Å²) in [5.41, 5.74) is 2.63. The van der Waals surface area contributed by atoms with Crippen molar-refractivity contribution < 1.29 is 18.0 Å². The number of anilines is 1. The zero-order valence-corrected chi connectivity index (χ0v) is 16.0. The van der Waals surface area contributed by atoms with Crippen molar-refractivity contribution in [2.45, 2.75) is 33.2 Å². The molecule has 1 aromatic heterocycles. The molecule has 3 rings (SSSR count). The molecule has 0 fully saturated rings. The number of hydrogen-bond donors (Lipinski definition) is 1. The number of carbonyl (C=O) groups excluding carboxylic acids is 1. The Morgan fingerprint density at radius 2 is 1.85 bits per heavy atom. The van der Waals surface area contributed by atoms with Gasteiger partial charge in [0, 0.05) is 10.6 Å². The summed E-state index contributed by atoms with van der Waals surface area (Å²) in [5.74, 6) is -1.86. The summed E-state index contributed by atoms with van der Waals surface area (Å²) in [5, 5.41) is 1.71. The van der Waals surface area contributed by atoms with Crippen LogP contribution in [0.4, 0.5) is 14.8 Å². The Balaban J connectivity index is 2.00. The van der Waals surface area contributed by atoms with E-state index >= 15 is 0 Å². The molecule has 1 amide bonds. The van der Waals surface area contributed by atoms with Gasteiger partial charge in [0.2, 0.25) is 0 Å². The second-order valence-corrected chi connectivity index (χ2v) is 7.60. The Bertz CT molecular complexity index is 968. The molecule has 8 heteroatoms. The molecule has 2 aromatic carbocycles. The Morgan fingerprint density at radius 1 is 1.19 bits per heavy atom. The average Bonchev–Trinajstić information content (AvgIpc) is 2.99. The largest absolute Gasteiger partial charge is 0.419 e. The molecule has 0 radical (unpaired) electrons. The summed E-state index contributed by atoms with van der Waals surface area (Å²) in [7, 11) is 0. The molecule has 0 spiro atoms. The standard InChI is InChI=1S/C19H18ClF2N3O2/c1-10-7-11(9-12(20)8-10)17(26)25(19(2,3)4)24-18-23-15-13(21)5-6-14(22)16(15)27-18/h5-9H,1-4H3,(H,23,24). The molecule has 27 heavy (non-hydrogen) atoms. The number of halogens is 3. The van der Waals surface area contributed by atoms with Crippen molar-refractivity contribution >= 4 is 34.6 Å². The highest BCUT2D eigenvalue weighted by Crippen LogP contribution is 2.27. The Hall–Kier alpha value is -2.67. The number of oxazole rings is 1. The number of hydrazine groups is 1. The fourth-order valence-electron chi connectivity index (χ4n) is 2.60. The van der Waals surface area contributed by atoms with Gasteiger partial charge in [0.1, 0.15) is 0 Å². The quantitative estimate of drug-likeness (QED) is 0.610. The van der Waals surface area contributed by atoms with Crippen LogP contribution in [0.3, 0.4) is 0 Å². The van der Waals surface area contributed by atoms with Crippen molar-refractivity contribution in [1.82, 2.24) is 9.99 Å². The number of nitrogens with one attached hydrogen (secondary N) is 1. The molecule has 0 aliphatic rings. The lowest BCUT2D eigenvalue weighted by atomic mass is 10.1. The van der Waals surface area contributed by atoms with E-state index in [0.29, 0.717) is 10.6 Å². The number of nitrogens with zero attached hydrogens (tertiary/aromatic N) is 2. The highest BCUT2D eigenvalue weighted by Gasteiger charge is 2.30. The minimum Gasteiger partial charge on any atom is -0.419 e. The van der Waals surface area contributed by atoms with E-state index in [0.717, 1.165) is 17.7 Å². The van der Waals surface area contributed by atoms with Crippen molar-refractivity contribution in [3.05, 3.63) is 58.1 Å². The van der Waals surface area contributed by atoms with Gasteiger partial charge < -0.3 is 4.42 Å². The first-order chi connectivity index (χ1) is 12.6. The SMILES string of the molecule is Cc1cc(Cl)cc(C(=O)N(Nc2nc3c(F)ccc(F)c3o2)C(C)(C)C)c1. The molecular weight excluding hydrogens is 376 g/mol. The van der Waals surface area contributed by atoms with E-state index in [1.807, 2.05) is 6.92 Å². The fraction of sp³-hybridized carbons (Fsp3) is 0.263. The minimum atomic E-state index is -0.744. The Labute approximate surface area is 159 Å². The topological polar surface area (TPSA) is 58.4 Å². The minimum absolute atomic E-state index is 0.198. The number of carbonyl (C=O) groups is 1. The maximum absolute atomic E-state index is 13.9. The smallest absolute Gasteiger partial charge is 0.315 e. The van der Waals surface area contributed by atoms with E-state index in [1.165, 1.54) is 5.01 Å². The molecule has 1 heterocycles. The van der Waals surface area contributed by atoms with Crippen LogP contribution in [0.25, 0.3) is 11.1 Å². The normalized spacial score (nSPS) is 11.7. The maximum Gasteiger partial charge on any atom is 0.315 e. The van der Waals surface area contributed by atoms with Gasteiger partial charge in [-0.25, -0.2) is 19.2 Å². The second kappa shape index (κ2) is 6.81. The van der Waals surface area contributed by atoms with Crippen LogP contribution >= 0.6 is 11.6 Å². The summed E-state index contributed by atoms with van der Waals surface area (Å²) in [6.07, 6.45) is 0. The molecule has 0 aliphatic heterocycles. The zero-order chi connectivity index (χ0) is 19.9. The van der Waals surface area contributed by atoms with Crippen molar-refractivity contribution in [1.29, 1.82) is 0 Å². The zero-order valence-electron chi connectivity index (χ0n) is 15.2. The predicted molar refractivity (Wildman–Crippen MR) is 99.7 cm³/mol. The lowest BCUT2D eigenvalue weighted by Crippen LogP contribution is -2.49. The van der Waals surface area contributed by atoms with Crippen molar-refractivity contribution in [3.63, 3.8) is 0 Å². The number of hydrogen-bond acceptors (Lipinski definition) is 4. The number of rotatable bonds is 3. The summed E-state index contributed by atoms with van der Waals surface area (Å²) < 4.78 is 33.0. The maximum atomic E-state index is 13.9. The van der Waals surface area contributed by atoms with Crippen LogP contribution in [-0.4, -0.2) is 21.4 Å². The van der Waals surface area contributed by atoms with Gasteiger partial charge in [-0.05, 0) is 63.6 Å². The highest BCUT2D eigenvalue weighted by molar-refractivity contribution is 6.31. The van der Waals surface area contributed by atoms with Crippen LogP contribution in [0, 0.1) is 18.6 Å². The van der Waals surface area contributed by atoms with Gasteiger partial charge in [0.25, 0.3) is 5.91 Å². The van der Waals surface area contributed by atoms with Crippen LogP contribution in [-0.2, 0) is 0 Å². The molecule has 0 saturated carbocycles. The first-order valence-electron chi connectivity index (χ1n) is 8.19. The number of aryl methyl sites for hydroxylation is 1. The molecule has 5 nitrogen and oxygen atoms in total. The van der Waals surface area contributed by atoms with Crippen molar-refractivity contribution in [2.24, 2.45) is 0 Å². The van der Waals surface area contributed by atoms with E-state index in [1.54, 1.807) is 39.0 Å². The van der Waals surface area contributed by atoms with Crippen LogP contribution in [0.5, 0.6) is 0 Å². The summed E-state index contributed by atoms with van der Waals surface area (Å²) >= 11 is 6.06. The van der Waals surface area contributed by atoms with Gasteiger partial charge >= 0.3 is 6.01 Å². The van der Waals surface area contributed by atoms with Gasteiger partial charge in [-0.1, -0.05) is 11.6 Å². The predicted octanol–water partition coefficient (Wildman–Crippen LogP) is 5.34. The van der Waals surface area contributed by atoms with Crippen LogP contribution in [0.2, 0.25) is 5.02 Å². The van der Waals surface area contributed by atoms with Gasteiger partial charge in [-0.15, -0.1) is 0 Å². The summed E-state index contributed by atoms with van der Waals surface area (Å²) in [6, 6.07) is 6.69.